The van der Waals surface area contributed by atoms with Crippen LogP contribution in [0.25, 0.3) is 0 Å². The van der Waals surface area contributed by atoms with E-state index in [0.29, 0.717) is 10.1 Å². The number of halogens is 1. The molecule has 0 saturated heterocycles. The maximum atomic E-state index is 6.08. The molecule has 0 amide bonds. The molecule has 1 aromatic rings. The molecule has 0 fully saturated rings. The summed E-state index contributed by atoms with van der Waals surface area (Å²) in [6.07, 6.45) is 0.839. The maximum absolute atomic E-state index is 6.08. The zero-order valence-electron chi connectivity index (χ0n) is 11.4. The van der Waals surface area contributed by atoms with Gasteiger partial charge >= 0.3 is 0 Å². The molecule has 0 radical (unpaired) electrons. The highest BCUT2D eigenvalue weighted by Crippen LogP contribution is 2.40. The van der Waals surface area contributed by atoms with Crippen molar-refractivity contribution in [3.63, 3.8) is 0 Å². The molecule has 1 heterocycles. The molecule has 0 aliphatic carbocycles. The lowest BCUT2D eigenvalue weighted by Crippen LogP contribution is -2.44. The van der Waals surface area contributed by atoms with Gasteiger partial charge in [-0.05, 0) is 51.2 Å². The van der Waals surface area contributed by atoms with Crippen LogP contribution in [-0.2, 0) is 0 Å². The Hall–Kier alpha value is -1.00. The normalized spacial score (nSPS) is 20.1. The molecule has 0 aromatic heterocycles. The van der Waals surface area contributed by atoms with Gasteiger partial charge in [-0.15, -0.1) is 0 Å². The van der Waals surface area contributed by atoms with Crippen molar-refractivity contribution in [1.82, 2.24) is 10.6 Å². The van der Waals surface area contributed by atoms with Crippen molar-refractivity contribution in [2.24, 2.45) is 0 Å². The number of fused-ring (bicyclic) bond motifs is 1. The lowest BCUT2D eigenvalue weighted by molar-refractivity contribution is 0.0695. The molecule has 1 atom stereocenters. The van der Waals surface area contributed by atoms with Gasteiger partial charge in [0.15, 0.2) is 5.11 Å². The van der Waals surface area contributed by atoms with Crippen LogP contribution in [0.15, 0.2) is 18.2 Å². The number of ether oxygens (including phenoxy) is 1. The highest BCUT2D eigenvalue weighted by atomic mass is 35.5. The molecule has 5 heteroatoms. The van der Waals surface area contributed by atoms with Gasteiger partial charge in [0.25, 0.3) is 0 Å². The van der Waals surface area contributed by atoms with Gasteiger partial charge in [0, 0.05) is 23.6 Å². The maximum Gasteiger partial charge on any atom is 0.166 e. The largest absolute Gasteiger partial charge is 0.487 e. The second kappa shape index (κ2) is 5.55. The highest BCUT2D eigenvalue weighted by molar-refractivity contribution is 7.80. The zero-order valence-corrected chi connectivity index (χ0v) is 13.0. The van der Waals surface area contributed by atoms with E-state index >= 15 is 0 Å². The summed E-state index contributed by atoms with van der Waals surface area (Å²) in [5, 5.41) is 7.83. The van der Waals surface area contributed by atoms with Crippen LogP contribution in [0.2, 0.25) is 5.02 Å². The third-order valence-electron chi connectivity index (χ3n) is 3.07. The molecular formula is C14H19ClN2OS. The molecule has 1 aliphatic heterocycles. The Labute approximate surface area is 124 Å². The Kier molecular flexibility index (Phi) is 4.21. The fraction of sp³-hybridized carbons (Fsp3) is 0.500. The molecular weight excluding hydrogens is 280 g/mol. The predicted molar refractivity (Wildman–Crippen MR) is 82.9 cm³/mol. The van der Waals surface area contributed by atoms with Gasteiger partial charge in [0.2, 0.25) is 0 Å². The van der Waals surface area contributed by atoms with E-state index in [9.17, 15) is 0 Å². The van der Waals surface area contributed by atoms with Crippen LogP contribution >= 0.6 is 23.8 Å². The van der Waals surface area contributed by atoms with E-state index < -0.39 is 0 Å². The number of nitrogens with one attached hydrogen (secondary N) is 2. The summed E-state index contributed by atoms with van der Waals surface area (Å²) in [5.41, 5.74) is 0.840. The molecule has 1 aromatic carbocycles. The smallest absolute Gasteiger partial charge is 0.166 e. The summed E-state index contributed by atoms with van der Waals surface area (Å²) in [6.45, 7) is 6.98. The lowest BCUT2D eigenvalue weighted by Gasteiger charge is -2.38. The summed E-state index contributed by atoms with van der Waals surface area (Å²) in [6, 6.07) is 5.83. The van der Waals surface area contributed by atoms with Crippen LogP contribution in [0, 0.1) is 0 Å². The van der Waals surface area contributed by atoms with Gasteiger partial charge in [-0.2, -0.15) is 0 Å². The Morgan fingerprint density at radius 3 is 2.95 bits per heavy atom. The minimum absolute atomic E-state index is 0.115. The summed E-state index contributed by atoms with van der Waals surface area (Å²) in [5.74, 6) is 0.873. The van der Waals surface area contributed by atoms with Crippen molar-refractivity contribution in [2.75, 3.05) is 6.54 Å². The first kappa shape index (κ1) is 14.4. The van der Waals surface area contributed by atoms with Crippen LogP contribution in [0.4, 0.5) is 0 Å². The highest BCUT2D eigenvalue weighted by Gasteiger charge is 2.34. The fourth-order valence-electron chi connectivity index (χ4n) is 2.32. The van der Waals surface area contributed by atoms with E-state index in [4.69, 9.17) is 28.6 Å². The number of rotatable bonds is 2. The van der Waals surface area contributed by atoms with Gasteiger partial charge in [-0.1, -0.05) is 11.6 Å². The van der Waals surface area contributed by atoms with E-state index in [0.717, 1.165) is 24.3 Å². The monoisotopic (exact) mass is 298 g/mol. The minimum atomic E-state index is -0.222. The second-order valence-electron chi connectivity index (χ2n) is 5.30. The van der Waals surface area contributed by atoms with Crippen LogP contribution in [-0.4, -0.2) is 17.3 Å². The van der Waals surface area contributed by atoms with E-state index in [1.807, 2.05) is 25.1 Å². The Bertz CT molecular complexity index is 490. The molecule has 1 unspecified atom stereocenters. The van der Waals surface area contributed by atoms with E-state index in [1.165, 1.54) is 0 Å². The van der Waals surface area contributed by atoms with Crippen molar-refractivity contribution in [3.8, 4) is 5.75 Å². The Morgan fingerprint density at radius 2 is 2.26 bits per heavy atom. The van der Waals surface area contributed by atoms with Gasteiger partial charge in [-0.25, -0.2) is 0 Å². The summed E-state index contributed by atoms with van der Waals surface area (Å²) < 4.78 is 5.98. The Morgan fingerprint density at radius 1 is 1.53 bits per heavy atom. The number of benzene rings is 1. The van der Waals surface area contributed by atoms with E-state index in [1.54, 1.807) is 0 Å². The average molecular weight is 299 g/mol. The third kappa shape index (κ3) is 3.51. The van der Waals surface area contributed by atoms with Crippen molar-refractivity contribution in [2.45, 2.75) is 38.8 Å². The first-order chi connectivity index (χ1) is 8.91. The summed E-state index contributed by atoms with van der Waals surface area (Å²) in [4.78, 5) is 0. The van der Waals surface area contributed by atoms with E-state index in [2.05, 4.69) is 24.5 Å². The lowest BCUT2D eigenvalue weighted by atomic mass is 9.90. The zero-order chi connectivity index (χ0) is 14.0. The molecule has 0 spiro atoms. The fourth-order valence-corrected chi connectivity index (χ4v) is 2.79. The van der Waals surface area contributed by atoms with Gasteiger partial charge in [-0.3, -0.25) is 0 Å². The molecule has 19 heavy (non-hydrogen) atoms. The first-order valence-corrected chi connectivity index (χ1v) is 7.23. The number of hydrogen-bond donors (Lipinski definition) is 2. The second-order valence-corrected chi connectivity index (χ2v) is 6.15. The van der Waals surface area contributed by atoms with Crippen molar-refractivity contribution in [1.29, 1.82) is 0 Å². The van der Waals surface area contributed by atoms with Crippen LogP contribution < -0.4 is 15.4 Å². The van der Waals surface area contributed by atoms with Gasteiger partial charge < -0.3 is 15.4 Å². The number of hydrogen-bond acceptors (Lipinski definition) is 2. The molecule has 2 rings (SSSR count). The standard InChI is InChI=1S/C14H19ClN2OS/c1-4-16-13(19)17-11-8-14(2,3)18-12-6-5-9(15)7-10(11)12/h5-7,11H,4,8H2,1-3H3,(H2,16,17,19). The summed E-state index contributed by atoms with van der Waals surface area (Å²) in [7, 11) is 0. The molecule has 1 aliphatic rings. The molecule has 0 bridgehead atoms. The molecule has 2 N–H and O–H groups in total. The average Bonchev–Trinajstić information content (AvgIpc) is 2.29. The molecule has 0 saturated carbocycles. The van der Waals surface area contributed by atoms with Crippen molar-refractivity contribution in [3.05, 3.63) is 28.8 Å². The summed E-state index contributed by atoms with van der Waals surface area (Å²) >= 11 is 11.4. The third-order valence-corrected chi connectivity index (χ3v) is 3.57. The first-order valence-electron chi connectivity index (χ1n) is 6.44. The Balaban J connectivity index is 2.28. The predicted octanol–water partition coefficient (Wildman–Crippen LogP) is 3.43. The van der Waals surface area contributed by atoms with Crippen molar-refractivity contribution < 1.29 is 4.74 Å². The van der Waals surface area contributed by atoms with Gasteiger partial charge in [0.05, 0.1) is 6.04 Å². The minimum Gasteiger partial charge on any atom is -0.487 e. The topological polar surface area (TPSA) is 33.3 Å². The quantitative estimate of drug-likeness (QED) is 0.820. The SMILES string of the molecule is CCNC(=S)NC1CC(C)(C)Oc2ccc(Cl)cc21. The van der Waals surface area contributed by atoms with Crippen LogP contribution in [0.5, 0.6) is 5.75 Å². The van der Waals surface area contributed by atoms with E-state index in [-0.39, 0.29) is 11.6 Å². The van der Waals surface area contributed by atoms with Crippen LogP contribution in [0.1, 0.15) is 38.8 Å². The van der Waals surface area contributed by atoms with Crippen molar-refractivity contribution >= 4 is 28.9 Å². The molecule has 104 valence electrons. The van der Waals surface area contributed by atoms with Gasteiger partial charge in [0.1, 0.15) is 11.4 Å². The molecule has 3 nitrogen and oxygen atoms in total. The number of thiocarbonyl (C=S) groups is 1. The van der Waals surface area contributed by atoms with Crippen LogP contribution in [0.3, 0.4) is 0 Å².